The summed E-state index contributed by atoms with van der Waals surface area (Å²) in [7, 11) is 6.11. The number of carbonyl (C=O) groups excluding carboxylic acids is 1. The molecule has 162 valence electrons. The molecular formula is C22H23N3O6. The van der Waals surface area contributed by atoms with Crippen molar-refractivity contribution < 1.29 is 23.7 Å². The Labute approximate surface area is 179 Å². The second kappa shape index (κ2) is 9.66. The summed E-state index contributed by atoms with van der Waals surface area (Å²) in [6.07, 6.45) is 0. The van der Waals surface area contributed by atoms with Crippen LogP contribution in [0.5, 0.6) is 23.0 Å². The highest BCUT2D eigenvalue weighted by molar-refractivity contribution is 5.92. The van der Waals surface area contributed by atoms with Crippen LogP contribution in [0.3, 0.4) is 0 Å². The summed E-state index contributed by atoms with van der Waals surface area (Å²) >= 11 is 0. The maximum Gasteiger partial charge on any atom is 0.267 e. The van der Waals surface area contributed by atoms with Crippen molar-refractivity contribution in [3.63, 3.8) is 0 Å². The van der Waals surface area contributed by atoms with E-state index < -0.39 is 11.5 Å². The Balaban J connectivity index is 1.87. The van der Waals surface area contributed by atoms with Crippen molar-refractivity contribution >= 4 is 11.6 Å². The van der Waals surface area contributed by atoms with Crippen LogP contribution in [0.1, 0.15) is 0 Å². The highest BCUT2D eigenvalue weighted by Crippen LogP contribution is 2.32. The molecule has 0 unspecified atom stereocenters. The topological polar surface area (TPSA) is 101 Å². The van der Waals surface area contributed by atoms with Gasteiger partial charge in [0.25, 0.3) is 5.56 Å². The second-order valence-electron chi connectivity index (χ2n) is 6.40. The number of anilines is 1. The molecule has 0 saturated heterocycles. The molecule has 0 saturated carbocycles. The molecule has 2 aromatic carbocycles. The fraction of sp³-hybridized carbons (Fsp3) is 0.227. The molecule has 0 atom stereocenters. The van der Waals surface area contributed by atoms with Crippen molar-refractivity contribution in [3.8, 4) is 34.3 Å². The molecule has 3 rings (SSSR count). The van der Waals surface area contributed by atoms with Gasteiger partial charge in [-0.05, 0) is 30.3 Å². The van der Waals surface area contributed by atoms with E-state index in [0.717, 1.165) is 4.68 Å². The Morgan fingerprint density at radius 1 is 0.871 bits per heavy atom. The van der Waals surface area contributed by atoms with Gasteiger partial charge in [0.2, 0.25) is 5.91 Å². The Morgan fingerprint density at radius 3 is 2.23 bits per heavy atom. The summed E-state index contributed by atoms with van der Waals surface area (Å²) in [5.74, 6) is 1.73. The minimum atomic E-state index is -0.444. The van der Waals surface area contributed by atoms with Crippen molar-refractivity contribution in [3.05, 3.63) is 58.9 Å². The third kappa shape index (κ3) is 4.95. The lowest BCUT2D eigenvalue weighted by molar-refractivity contribution is -0.117. The third-order valence-electron chi connectivity index (χ3n) is 4.53. The van der Waals surface area contributed by atoms with Crippen molar-refractivity contribution in [2.75, 3.05) is 33.8 Å². The highest BCUT2D eigenvalue weighted by Gasteiger charge is 2.14. The number of hydrogen-bond acceptors (Lipinski definition) is 7. The van der Waals surface area contributed by atoms with E-state index in [0.29, 0.717) is 39.9 Å². The molecule has 0 aliphatic carbocycles. The van der Waals surface area contributed by atoms with Gasteiger partial charge in [-0.2, -0.15) is 5.10 Å². The summed E-state index contributed by atoms with van der Waals surface area (Å²) in [5, 5.41) is 7.05. The Bertz CT molecular complexity index is 1140. The summed E-state index contributed by atoms with van der Waals surface area (Å²) in [4.78, 5) is 24.9. The van der Waals surface area contributed by atoms with E-state index in [1.165, 1.54) is 27.4 Å². The predicted octanol–water partition coefficient (Wildman–Crippen LogP) is 2.58. The second-order valence-corrected chi connectivity index (χ2v) is 6.40. The van der Waals surface area contributed by atoms with Gasteiger partial charge in [-0.25, -0.2) is 4.68 Å². The number of methoxy groups -OCH3 is 4. The van der Waals surface area contributed by atoms with Gasteiger partial charge in [-0.1, -0.05) is 0 Å². The Hall–Kier alpha value is -4.01. The van der Waals surface area contributed by atoms with E-state index in [1.54, 1.807) is 49.6 Å². The summed E-state index contributed by atoms with van der Waals surface area (Å²) in [6.45, 7) is -0.286. The fourth-order valence-corrected chi connectivity index (χ4v) is 2.95. The van der Waals surface area contributed by atoms with E-state index in [4.69, 9.17) is 18.9 Å². The number of hydrogen-bond donors (Lipinski definition) is 1. The normalized spacial score (nSPS) is 10.3. The predicted molar refractivity (Wildman–Crippen MR) is 115 cm³/mol. The van der Waals surface area contributed by atoms with Gasteiger partial charge in [0.1, 0.15) is 29.5 Å². The molecule has 0 radical (unpaired) electrons. The van der Waals surface area contributed by atoms with Crippen LogP contribution in [0.15, 0.2) is 53.3 Å². The molecule has 0 aliphatic rings. The molecule has 1 amide bonds. The van der Waals surface area contributed by atoms with Gasteiger partial charge >= 0.3 is 0 Å². The molecule has 1 aromatic heterocycles. The average molecular weight is 425 g/mol. The van der Waals surface area contributed by atoms with Crippen LogP contribution >= 0.6 is 0 Å². The number of benzene rings is 2. The largest absolute Gasteiger partial charge is 0.497 e. The number of aromatic nitrogens is 2. The van der Waals surface area contributed by atoms with Crippen LogP contribution in [0.25, 0.3) is 11.3 Å². The van der Waals surface area contributed by atoms with Crippen LogP contribution in [0.4, 0.5) is 5.69 Å². The highest BCUT2D eigenvalue weighted by atomic mass is 16.5. The fourth-order valence-electron chi connectivity index (χ4n) is 2.95. The molecule has 0 spiro atoms. The number of nitrogens with zero attached hydrogens (tertiary/aromatic N) is 2. The van der Waals surface area contributed by atoms with Gasteiger partial charge in [-0.15, -0.1) is 0 Å². The van der Waals surface area contributed by atoms with E-state index in [1.807, 2.05) is 0 Å². The monoisotopic (exact) mass is 425 g/mol. The molecule has 0 fully saturated rings. The van der Waals surface area contributed by atoms with Gasteiger partial charge in [-0.3, -0.25) is 9.59 Å². The minimum absolute atomic E-state index is 0.286. The Kier molecular flexibility index (Phi) is 6.76. The molecule has 1 N–H and O–H groups in total. The maximum atomic E-state index is 12.6. The van der Waals surface area contributed by atoms with Crippen LogP contribution in [0.2, 0.25) is 0 Å². The lowest BCUT2D eigenvalue weighted by Crippen LogP contribution is -2.29. The molecule has 0 aliphatic heterocycles. The molecule has 0 bridgehead atoms. The van der Waals surface area contributed by atoms with E-state index in [-0.39, 0.29) is 6.54 Å². The molecule has 1 heterocycles. The van der Waals surface area contributed by atoms with Crippen molar-refractivity contribution in [2.24, 2.45) is 0 Å². The number of ether oxygens (including phenoxy) is 4. The number of carbonyl (C=O) groups is 1. The first kappa shape index (κ1) is 21.7. The zero-order chi connectivity index (χ0) is 22.4. The van der Waals surface area contributed by atoms with Crippen LogP contribution < -0.4 is 29.8 Å². The SMILES string of the molecule is COc1ccc(OC)c(NC(=O)Cn2nc(-c3ccc(OC)cc3OC)ccc2=O)c1. The van der Waals surface area contributed by atoms with Gasteiger partial charge in [0.05, 0.1) is 39.8 Å². The number of rotatable bonds is 8. The summed E-state index contributed by atoms with van der Waals surface area (Å²) in [5.41, 5.74) is 1.15. The summed E-state index contributed by atoms with van der Waals surface area (Å²) < 4.78 is 22.1. The maximum absolute atomic E-state index is 12.6. The van der Waals surface area contributed by atoms with Crippen LogP contribution in [-0.2, 0) is 11.3 Å². The lowest BCUT2D eigenvalue weighted by Gasteiger charge is -2.13. The van der Waals surface area contributed by atoms with E-state index >= 15 is 0 Å². The van der Waals surface area contributed by atoms with E-state index in [9.17, 15) is 9.59 Å². The smallest absolute Gasteiger partial charge is 0.267 e. The lowest BCUT2D eigenvalue weighted by atomic mass is 10.1. The van der Waals surface area contributed by atoms with Gasteiger partial charge in [0, 0.05) is 23.8 Å². The zero-order valence-electron chi connectivity index (χ0n) is 17.7. The molecular weight excluding hydrogens is 402 g/mol. The third-order valence-corrected chi connectivity index (χ3v) is 4.53. The Morgan fingerprint density at radius 2 is 1.55 bits per heavy atom. The van der Waals surface area contributed by atoms with E-state index in [2.05, 4.69) is 10.4 Å². The quantitative estimate of drug-likeness (QED) is 0.592. The molecule has 9 nitrogen and oxygen atoms in total. The summed E-state index contributed by atoms with van der Waals surface area (Å²) in [6, 6.07) is 13.2. The first-order valence-corrected chi connectivity index (χ1v) is 9.31. The molecule has 9 heteroatoms. The minimum Gasteiger partial charge on any atom is -0.497 e. The van der Waals surface area contributed by atoms with Gasteiger partial charge in [0.15, 0.2) is 0 Å². The molecule has 31 heavy (non-hydrogen) atoms. The molecule has 3 aromatic rings. The van der Waals surface area contributed by atoms with Crippen molar-refractivity contribution in [1.29, 1.82) is 0 Å². The first-order valence-electron chi connectivity index (χ1n) is 9.31. The van der Waals surface area contributed by atoms with Crippen LogP contribution in [0, 0.1) is 0 Å². The van der Waals surface area contributed by atoms with Crippen molar-refractivity contribution in [2.45, 2.75) is 6.54 Å². The zero-order valence-corrected chi connectivity index (χ0v) is 17.7. The number of nitrogens with one attached hydrogen (secondary N) is 1. The standard InChI is InChI=1S/C22H23N3O6/c1-28-14-6-9-19(30-3)18(11-14)23-21(26)13-25-22(27)10-8-17(24-25)16-7-5-15(29-2)12-20(16)31-4/h5-12H,13H2,1-4H3,(H,23,26). The number of amides is 1. The first-order chi connectivity index (χ1) is 15.0. The van der Waals surface area contributed by atoms with Gasteiger partial charge < -0.3 is 24.3 Å². The van der Waals surface area contributed by atoms with Crippen LogP contribution in [-0.4, -0.2) is 44.1 Å². The average Bonchev–Trinajstić information content (AvgIpc) is 2.79. The van der Waals surface area contributed by atoms with Crippen molar-refractivity contribution in [1.82, 2.24) is 9.78 Å².